The summed E-state index contributed by atoms with van der Waals surface area (Å²) in [6, 6.07) is 3.99. The molecule has 6 nitrogen and oxygen atoms in total. The van der Waals surface area contributed by atoms with Crippen LogP contribution in [-0.2, 0) is 7.05 Å². The summed E-state index contributed by atoms with van der Waals surface area (Å²) in [5.41, 5.74) is 2.22. The van der Waals surface area contributed by atoms with Gasteiger partial charge in [-0.05, 0) is 31.9 Å². The first kappa shape index (κ1) is 11.5. The lowest BCUT2D eigenvalue weighted by Gasteiger charge is -2.03. The van der Waals surface area contributed by atoms with Crippen LogP contribution >= 0.6 is 0 Å². The average molecular weight is 270 g/mol. The molecule has 1 N–H and O–H groups in total. The van der Waals surface area contributed by atoms with Crippen LogP contribution in [0, 0.1) is 6.92 Å². The molecule has 0 bridgehead atoms. The van der Waals surface area contributed by atoms with Gasteiger partial charge >= 0.3 is 5.69 Å². The number of hydrogen-bond donors (Lipinski definition) is 1. The summed E-state index contributed by atoms with van der Waals surface area (Å²) in [6.07, 6.45) is 2.06. The fraction of sp³-hybridized carbons (Fsp3) is 0.357. The molecule has 0 atom stereocenters. The number of imidazole rings is 1. The minimum atomic E-state index is -0.217. The van der Waals surface area contributed by atoms with E-state index in [1.54, 1.807) is 11.6 Å². The van der Waals surface area contributed by atoms with Crippen LogP contribution in [0.4, 0.5) is 0 Å². The van der Waals surface area contributed by atoms with Gasteiger partial charge < -0.3 is 0 Å². The van der Waals surface area contributed by atoms with E-state index in [4.69, 9.17) is 0 Å². The maximum atomic E-state index is 12.3. The van der Waals surface area contributed by atoms with Crippen LogP contribution in [0.15, 0.2) is 21.7 Å². The van der Waals surface area contributed by atoms with Crippen LogP contribution in [0.3, 0.4) is 0 Å². The Labute approximate surface area is 113 Å². The molecule has 0 saturated heterocycles. The fourth-order valence-corrected chi connectivity index (χ4v) is 2.83. The normalized spacial score (nSPS) is 15.3. The fourth-order valence-electron chi connectivity index (χ4n) is 2.83. The van der Waals surface area contributed by atoms with Crippen molar-refractivity contribution in [3.05, 3.63) is 38.7 Å². The maximum Gasteiger partial charge on any atom is 0.329 e. The smallest absolute Gasteiger partial charge is 0.295 e. The van der Waals surface area contributed by atoms with Crippen molar-refractivity contribution in [3.8, 4) is 0 Å². The minimum absolute atomic E-state index is 0.0140. The molecule has 1 aromatic carbocycles. The number of H-pyrrole nitrogens is 1. The standard InChI is InChI=1S/C14H14N4O2/c1-7-9-5-11-12(6-10(9)13(19)16-15-7)18(8-3-4-8)14(20)17(11)2/h5-6,8H,3-4H2,1-2H3,(H,16,19). The summed E-state index contributed by atoms with van der Waals surface area (Å²) in [6.45, 7) is 1.85. The third-order valence-corrected chi connectivity index (χ3v) is 4.10. The Morgan fingerprint density at radius 3 is 2.60 bits per heavy atom. The highest BCUT2D eigenvalue weighted by molar-refractivity contribution is 5.96. The molecule has 102 valence electrons. The van der Waals surface area contributed by atoms with Gasteiger partial charge in [-0.1, -0.05) is 0 Å². The first-order valence-corrected chi connectivity index (χ1v) is 6.68. The molecule has 6 heteroatoms. The van der Waals surface area contributed by atoms with Gasteiger partial charge in [-0.15, -0.1) is 0 Å². The number of aromatic nitrogens is 4. The van der Waals surface area contributed by atoms with E-state index in [0.717, 1.165) is 35.0 Å². The number of aromatic amines is 1. The van der Waals surface area contributed by atoms with Crippen LogP contribution in [0.1, 0.15) is 24.6 Å². The van der Waals surface area contributed by atoms with Crippen LogP contribution in [0.25, 0.3) is 21.8 Å². The molecule has 0 aliphatic heterocycles. The lowest BCUT2D eigenvalue weighted by atomic mass is 10.1. The van der Waals surface area contributed by atoms with Crippen LogP contribution in [0.5, 0.6) is 0 Å². The van der Waals surface area contributed by atoms with E-state index < -0.39 is 0 Å². The van der Waals surface area contributed by atoms with Crippen molar-refractivity contribution in [1.82, 2.24) is 19.3 Å². The van der Waals surface area contributed by atoms with Gasteiger partial charge in [0.05, 0.1) is 22.1 Å². The van der Waals surface area contributed by atoms with Crippen molar-refractivity contribution < 1.29 is 0 Å². The molecule has 0 spiro atoms. The van der Waals surface area contributed by atoms with Crippen molar-refractivity contribution in [2.75, 3.05) is 0 Å². The first-order chi connectivity index (χ1) is 9.58. The number of hydrogen-bond acceptors (Lipinski definition) is 3. The zero-order valence-electron chi connectivity index (χ0n) is 11.3. The summed E-state index contributed by atoms with van der Waals surface area (Å²) in [5.74, 6) is 0. The van der Waals surface area contributed by atoms with Gasteiger partial charge in [0.15, 0.2) is 0 Å². The second kappa shape index (κ2) is 3.59. The number of rotatable bonds is 1. The molecule has 0 unspecified atom stereocenters. The third kappa shape index (κ3) is 1.36. The van der Waals surface area contributed by atoms with E-state index in [0.29, 0.717) is 5.39 Å². The highest BCUT2D eigenvalue weighted by atomic mass is 16.2. The van der Waals surface area contributed by atoms with Crippen molar-refractivity contribution in [1.29, 1.82) is 0 Å². The molecule has 0 amide bonds. The van der Waals surface area contributed by atoms with E-state index in [-0.39, 0.29) is 17.3 Å². The zero-order valence-corrected chi connectivity index (χ0v) is 11.3. The van der Waals surface area contributed by atoms with Gasteiger partial charge in [-0.2, -0.15) is 5.10 Å². The number of nitrogens with zero attached hydrogens (tertiary/aromatic N) is 3. The largest absolute Gasteiger partial charge is 0.329 e. The molecule has 4 rings (SSSR count). The molecule has 2 aromatic heterocycles. The monoisotopic (exact) mass is 270 g/mol. The molecule has 2 heterocycles. The molecular weight excluding hydrogens is 256 g/mol. The van der Waals surface area contributed by atoms with Crippen LogP contribution in [0.2, 0.25) is 0 Å². The molecule has 1 aliphatic carbocycles. The zero-order chi connectivity index (χ0) is 14.0. The van der Waals surface area contributed by atoms with E-state index in [1.807, 2.05) is 23.6 Å². The highest BCUT2D eigenvalue weighted by Gasteiger charge is 2.28. The summed E-state index contributed by atoms with van der Waals surface area (Å²) in [7, 11) is 1.77. The Morgan fingerprint density at radius 2 is 1.90 bits per heavy atom. The Balaban J connectivity index is 2.26. The van der Waals surface area contributed by atoms with E-state index in [2.05, 4.69) is 10.2 Å². The van der Waals surface area contributed by atoms with Gasteiger partial charge in [-0.3, -0.25) is 13.9 Å². The lowest BCUT2D eigenvalue weighted by molar-refractivity contribution is 0.696. The summed E-state index contributed by atoms with van der Waals surface area (Å²) < 4.78 is 3.46. The van der Waals surface area contributed by atoms with E-state index in [9.17, 15) is 9.59 Å². The topological polar surface area (TPSA) is 72.7 Å². The van der Waals surface area contributed by atoms with Crippen molar-refractivity contribution in [2.24, 2.45) is 7.05 Å². The van der Waals surface area contributed by atoms with Crippen molar-refractivity contribution >= 4 is 21.8 Å². The Hall–Kier alpha value is -2.37. The number of nitrogens with one attached hydrogen (secondary N) is 1. The maximum absolute atomic E-state index is 12.3. The summed E-state index contributed by atoms with van der Waals surface area (Å²) in [5, 5.41) is 7.87. The van der Waals surface area contributed by atoms with Crippen molar-refractivity contribution in [2.45, 2.75) is 25.8 Å². The predicted octanol–water partition coefficient (Wildman–Crippen LogP) is 1.22. The molecular formula is C14H14N4O2. The predicted molar refractivity (Wildman–Crippen MR) is 76.1 cm³/mol. The van der Waals surface area contributed by atoms with Gasteiger partial charge in [-0.25, -0.2) is 9.89 Å². The van der Waals surface area contributed by atoms with E-state index >= 15 is 0 Å². The third-order valence-electron chi connectivity index (χ3n) is 4.10. The Bertz CT molecular complexity index is 973. The molecule has 20 heavy (non-hydrogen) atoms. The molecule has 0 radical (unpaired) electrons. The van der Waals surface area contributed by atoms with E-state index in [1.165, 1.54) is 0 Å². The number of fused-ring (bicyclic) bond motifs is 2. The van der Waals surface area contributed by atoms with Gasteiger partial charge in [0.1, 0.15) is 0 Å². The summed E-state index contributed by atoms with van der Waals surface area (Å²) in [4.78, 5) is 24.3. The molecule has 1 fully saturated rings. The second-order valence-corrected chi connectivity index (χ2v) is 5.47. The first-order valence-electron chi connectivity index (χ1n) is 6.68. The Morgan fingerprint density at radius 1 is 1.20 bits per heavy atom. The number of aryl methyl sites for hydroxylation is 2. The lowest BCUT2D eigenvalue weighted by Crippen LogP contribution is -2.21. The quantitative estimate of drug-likeness (QED) is 0.722. The van der Waals surface area contributed by atoms with Crippen LogP contribution in [-0.4, -0.2) is 19.3 Å². The van der Waals surface area contributed by atoms with Gasteiger partial charge in [0, 0.05) is 18.5 Å². The molecule has 1 saturated carbocycles. The molecule has 1 aliphatic rings. The van der Waals surface area contributed by atoms with Crippen molar-refractivity contribution in [3.63, 3.8) is 0 Å². The highest BCUT2D eigenvalue weighted by Crippen LogP contribution is 2.36. The minimum Gasteiger partial charge on any atom is -0.295 e. The van der Waals surface area contributed by atoms with Gasteiger partial charge in [0.2, 0.25) is 0 Å². The van der Waals surface area contributed by atoms with Gasteiger partial charge in [0.25, 0.3) is 5.56 Å². The van der Waals surface area contributed by atoms with Crippen LogP contribution < -0.4 is 11.2 Å². The number of benzene rings is 1. The average Bonchev–Trinajstić information content (AvgIpc) is 3.23. The summed E-state index contributed by atoms with van der Waals surface area (Å²) >= 11 is 0. The second-order valence-electron chi connectivity index (χ2n) is 5.47. The molecule has 3 aromatic rings. The Kier molecular flexibility index (Phi) is 2.06. The SMILES string of the molecule is Cc1n[nH]c(=O)c2cc3c(cc12)n(C)c(=O)n3C1CC1.